The molecule has 4 rings (SSSR count). The van der Waals surface area contributed by atoms with E-state index in [2.05, 4.69) is 15.3 Å². The van der Waals surface area contributed by atoms with Crippen LogP contribution in [0.1, 0.15) is 15.9 Å². The molecule has 5 nitrogen and oxygen atoms in total. The molecular formula is C20H15ClFN3O2. The first-order valence-electron chi connectivity index (χ1n) is 8.39. The van der Waals surface area contributed by atoms with E-state index in [-0.39, 0.29) is 17.8 Å². The molecule has 1 amide bonds. The monoisotopic (exact) mass is 383 g/mol. The molecule has 1 aromatic heterocycles. The molecule has 2 aromatic carbocycles. The predicted molar refractivity (Wildman–Crippen MR) is 99.3 cm³/mol. The molecule has 0 aliphatic carbocycles. The van der Waals surface area contributed by atoms with Gasteiger partial charge in [-0.15, -0.1) is 0 Å². The van der Waals surface area contributed by atoms with E-state index in [1.807, 2.05) is 0 Å². The maximum atomic E-state index is 14.0. The molecule has 7 heteroatoms. The summed E-state index contributed by atoms with van der Waals surface area (Å²) in [6.07, 6.45) is 4.87. The molecule has 136 valence electrons. The topological polar surface area (TPSA) is 64.1 Å². The van der Waals surface area contributed by atoms with Crippen LogP contribution in [0.4, 0.5) is 4.39 Å². The first-order chi connectivity index (χ1) is 13.1. The maximum Gasteiger partial charge on any atom is 0.251 e. The number of hydrogen-bond acceptors (Lipinski definition) is 4. The Hall–Kier alpha value is -2.99. The number of aromatic nitrogens is 2. The van der Waals surface area contributed by atoms with Crippen molar-refractivity contribution in [1.82, 2.24) is 15.3 Å². The highest BCUT2D eigenvalue weighted by Gasteiger charge is 2.28. The van der Waals surface area contributed by atoms with Gasteiger partial charge in [0.05, 0.1) is 18.4 Å². The van der Waals surface area contributed by atoms with Crippen molar-refractivity contribution in [2.75, 3.05) is 6.54 Å². The summed E-state index contributed by atoms with van der Waals surface area (Å²) in [5.74, 6) is -0.0158. The Morgan fingerprint density at radius 1 is 1.30 bits per heavy atom. The SMILES string of the molecule is O=C(NCC1Cc2cc(F)cc(-c3cnccn3)c2O1)c1cccc(Cl)c1. The Labute approximate surface area is 160 Å². The van der Waals surface area contributed by atoms with Gasteiger partial charge >= 0.3 is 0 Å². The highest BCUT2D eigenvalue weighted by atomic mass is 35.5. The van der Waals surface area contributed by atoms with Gasteiger partial charge in [-0.1, -0.05) is 17.7 Å². The van der Waals surface area contributed by atoms with E-state index in [1.165, 1.54) is 12.1 Å². The standard InChI is InChI=1S/C20H15ClFN3O2/c21-14-3-1-2-12(6-14)20(26)25-10-16-8-13-7-15(22)9-17(19(13)27-16)18-11-23-4-5-24-18/h1-7,9,11,16H,8,10H2,(H,25,26). The molecule has 0 fully saturated rings. The second-order valence-corrected chi connectivity index (χ2v) is 6.63. The minimum atomic E-state index is -0.360. The van der Waals surface area contributed by atoms with Gasteiger partial charge in [-0.3, -0.25) is 14.8 Å². The number of hydrogen-bond donors (Lipinski definition) is 1. The number of ether oxygens (including phenoxy) is 1. The molecule has 0 bridgehead atoms. The molecule has 1 atom stereocenters. The summed E-state index contributed by atoms with van der Waals surface area (Å²) in [5, 5.41) is 3.33. The number of halogens is 2. The number of fused-ring (bicyclic) bond motifs is 1. The van der Waals surface area contributed by atoms with E-state index in [1.54, 1.807) is 42.9 Å². The zero-order chi connectivity index (χ0) is 18.8. The van der Waals surface area contributed by atoms with Gasteiger partial charge < -0.3 is 10.1 Å². The molecule has 1 unspecified atom stereocenters. The number of carbonyl (C=O) groups is 1. The van der Waals surface area contributed by atoms with E-state index < -0.39 is 0 Å². The summed E-state index contributed by atoms with van der Waals surface area (Å²) in [7, 11) is 0. The molecule has 1 aliphatic rings. The Bertz CT molecular complexity index is 998. The second-order valence-electron chi connectivity index (χ2n) is 6.20. The van der Waals surface area contributed by atoms with Gasteiger partial charge in [0.25, 0.3) is 5.91 Å². The molecule has 0 spiro atoms. The van der Waals surface area contributed by atoms with Crippen LogP contribution in [0, 0.1) is 5.82 Å². The van der Waals surface area contributed by atoms with Gasteiger partial charge in [-0.25, -0.2) is 4.39 Å². The molecule has 3 aromatic rings. The maximum absolute atomic E-state index is 14.0. The van der Waals surface area contributed by atoms with Crippen molar-refractivity contribution < 1.29 is 13.9 Å². The highest BCUT2D eigenvalue weighted by Crippen LogP contribution is 2.38. The lowest BCUT2D eigenvalue weighted by Gasteiger charge is -2.13. The lowest BCUT2D eigenvalue weighted by atomic mass is 10.0. The zero-order valence-corrected chi connectivity index (χ0v) is 14.9. The van der Waals surface area contributed by atoms with Gasteiger partial charge in [-0.05, 0) is 30.3 Å². The van der Waals surface area contributed by atoms with Gasteiger partial charge in [-0.2, -0.15) is 0 Å². The molecule has 2 heterocycles. The van der Waals surface area contributed by atoms with E-state index in [9.17, 15) is 9.18 Å². The van der Waals surface area contributed by atoms with E-state index >= 15 is 0 Å². The third kappa shape index (κ3) is 3.75. The highest BCUT2D eigenvalue weighted by molar-refractivity contribution is 6.30. The van der Waals surface area contributed by atoms with E-state index in [0.29, 0.717) is 40.6 Å². The first-order valence-corrected chi connectivity index (χ1v) is 8.77. The normalized spacial score (nSPS) is 15.1. The van der Waals surface area contributed by atoms with Crippen LogP contribution >= 0.6 is 11.6 Å². The van der Waals surface area contributed by atoms with Crippen molar-refractivity contribution in [3.05, 3.63) is 77.0 Å². The first kappa shape index (κ1) is 17.4. The molecule has 1 N–H and O–H groups in total. The predicted octanol–water partition coefficient (Wildman–Crippen LogP) is 3.67. The van der Waals surface area contributed by atoms with Crippen molar-refractivity contribution >= 4 is 17.5 Å². The van der Waals surface area contributed by atoms with Gasteiger partial charge in [0, 0.05) is 40.5 Å². The van der Waals surface area contributed by atoms with Gasteiger partial charge in [0.2, 0.25) is 0 Å². The summed E-state index contributed by atoms with van der Waals surface area (Å²) in [5.41, 5.74) is 2.32. The van der Waals surface area contributed by atoms with Crippen LogP contribution in [-0.2, 0) is 6.42 Å². The second kappa shape index (κ2) is 7.32. The van der Waals surface area contributed by atoms with E-state index in [4.69, 9.17) is 16.3 Å². The van der Waals surface area contributed by atoms with Crippen LogP contribution in [0.25, 0.3) is 11.3 Å². The summed E-state index contributed by atoms with van der Waals surface area (Å²) in [6, 6.07) is 9.55. The van der Waals surface area contributed by atoms with Crippen molar-refractivity contribution in [2.24, 2.45) is 0 Å². The summed E-state index contributed by atoms with van der Waals surface area (Å²) in [6.45, 7) is 0.293. The molecular weight excluding hydrogens is 369 g/mol. The number of nitrogens with one attached hydrogen (secondary N) is 1. The van der Waals surface area contributed by atoms with Crippen LogP contribution in [0.5, 0.6) is 5.75 Å². The Morgan fingerprint density at radius 2 is 2.19 bits per heavy atom. The van der Waals surface area contributed by atoms with Crippen LogP contribution in [0.2, 0.25) is 5.02 Å². The number of nitrogens with zero attached hydrogens (tertiary/aromatic N) is 2. The van der Waals surface area contributed by atoms with Crippen molar-refractivity contribution in [3.8, 4) is 17.0 Å². The Balaban J connectivity index is 1.49. The molecule has 1 aliphatic heterocycles. The third-order valence-electron chi connectivity index (χ3n) is 4.28. The van der Waals surface area contributed by atoms with Crippen molar-refractivity contribution in [2.45, 2.75) is 12.5 Å². The van der Waals surface area contributed by atoms with E-state index in [0.717, 1.165) is 5.56 Å². The number of amides is 1. The average Bonchev–Trinajstić information content (AvgIpc) is 3.09. The minimum Gasteiger partial charge on any atom is -0.487 e. The Kier molecular flexibility index (Phi) is 4.73. The quantitative estimate of drug-likeness (QED) is 0.746. The lowest BCUT2D eigenvalue weighted by molar-refractivity contribution is 0.0933. The number of carbonyl (C=O) groups excluding carboxylic acids is 1. The summed E-state index contributed by atoms with van der Waals surface area (Å²) < 4.78 is 20.0. The largest absolute Gasteiger partial charge is 0.487 e. The van der Waals surface area contributed by atoms with Crippen molar-refractivity contribution in [1.29, 1.82) is 0 Å². The van der Waals surface area contributed by atoms with Crippen LogP contribution in [0.3, 0.4) is 0 Å². The van der Waals surface area contributed by atoms with Crippen LogP contribution in [-0.4, -0.2) is 28.5 Å². The van der Waals surface area contributed by atoms with Gasteiger partial charge in [0.15, 0.2) is 0 Å². The minimum absolute atomic E-state index is 0.239. The smallest absolute Gasteiger partial charge is 0.251 e. The molecule has 0 saturated carbocycles. The van der Waals surface area contributed by atoms with Crippen molar-refractivity contribution in [3.63, 3.8) is 0 Å². The average molecular weight is 384 g/mol. The zero-order valence-electron chi connectivity index (χ0n) is 14.2. The van der Waals surface area contributed by atoms with Gasteiger partial charge in [0.1, 0.15) is 17.7 Å². The number of benzene rings is 2. The fraction of sp³-hybridized carbons (Fsp3) is 0.150. The third-order valence-corrected chi connectivity index (χ3v) is 4.51. The molecule has 0 radical (unpaired) electrons. The summed E-state index contributed by atoms with van der Waals surface area (Å²) >= 11 is 5.92. The number of rotatable bonds is 4. The summed E-state index contributed by atoms with van der Waals surface area (Å²) in [4.78, 5) is 20.5. The fourth-order valence-electron chi connectivity index (χ4n) is 3.08. The van der Waals surface area contributed by atoms with Crippen LogP contribution < -0.4 is 10.1 Å². The Morgan fingerprint density at radius 3 is 2.96 bits per heavy atom. The van der Waals surface area contributed by atoms with Crippen LogP contribution in [0.15, 0.2) is 55.0 Å². The lowest BCUT2D eigenvalue weighted by Crippen LogP contribution is -2.34. The fourth-order valence-corrected chi connectivity index (χ4v) is 3.27. The molecule has 27 heavy (non-hydrogen) atoms. The molecule has 0 saturated heterocycles.